The van der Waals surface area contributed by atoms with Crippen LogP contribution < -0.4 is 16.0 Å². The zero-order chi connectivity index (χ0) is 82.7. The number of carboxylic acids is 3. The molecular formula is C76H82F9N13O13S3. The van der Waals surface area contributed by atoms with E-state index in [4.69, 9.17) is 49.2 Å². The fourth-order valence-corrected chi connectivity index (χ4v) is 16.0. The highest BCUT2D eigenvalue weighted by Crippen LogP contribution is 2.45. The number of piperidine rings is 1. The largest absolute Gasteiger partial charge is 0.480 e. The summed E-state index contributed by atoms with van der Waals surface area (Å²) in [5, 5.41) is 43.2. The molecule has 12 rings (SSSR count). The fourth-order valence-electron chi connectivity index (χ4n) is 14.3. The van der Waals surface area contributed by atoms with Crippen molar-refractivity contribution in [1.29, 1.82) is 0 Å². The van der Waals surface area contributed by atoms with Gasteiger partial charge in [0.15, 0.2) is 32.5 Å². The number of hydrogen-bond donors (Lipinski definition) is 6. The van der Waals surface area contributed by atoms with Crippen LogP contribution in [0.2, 0.25) is 0 Å². The third-order valence-corrected chi connectivity index (χ3v) is 21.4. The molecule has 26 nitrogen and oxygen atoms in total. The van der Waals surface area contributed by atoms with Crippen molar-refractivity contribution >= 4 is 87.3 Å². The smallest absolute Gasteiger partial charge is 0.338 e. The van der Waals surface area contributed by atoms with Crippen LogP contribution in [-0.2, 0) is 64.3 Å². The fraction of sp³-hybridized carbons (Fsp3) is 0.421. The van der Waals surface area contributed by atoms with Gasteiger partial charge in [-0.25, -0.2) is 93.4 Å². The molecule has 114 heavy (non-hydrogen) atoms. The minimum absolute atomic E-state index is 0.0150. The van der Waals surface area contributed by atoms with E-state index in [1.54, 1.807) is 83.3 Å². The topological polar surface area (TPSA) is 325 Å². The van der Waals surface area contributed by atoms with Crippen LogP contribution >= 0.6 is 34.0 Å². The number of likely N-dealkylation sites (tertiary alicyclic amines) is 3. The lowest BCUT2D eigenvalue weighted by molar-refractivity contribution is -0.154. The average molecular weight is 1650 g/mol. The number of nitrogens with zero attached hydrogens (tertiary/aromatic N) is 10. The van der Waals surface area contributed by atoms with E-state index < -0.39 is 151 Å². The number of carbonyl (C=O) groups is 6. The van der Waals surface area contributed by atoms with Crippen molar-refractivity contribution in [3.05, 3.63) is 203 Å². The molecule has 3 aromatic carbocycles. The Morgan fingerprint density at radius 2 is 0.912 bits per heavy atom. The zero-order valence-corrected chi connectivity index (χ0v) is 65.1. The summed E-state index contributed by atoms with van der Waals surface area (Å²) in [6.07, 6.45) is 4.14. The predicted molar refractivity (Wildman–Crippen MR) is 403 cm³/mol. The van der Waals surface area contributed by atoms with Crippen LogP contribution in [0.25, 0.3) is 0 Å². The number of aromatic nitrogens is 3. The van der Waals surface area contributed by atoms with Crippen LogP contribution in [0.3, 0.4) is 0 Å². The van der Waals surface area contributed by atoms with E-state index in [1.807, 2.05) is 0 Å². The number of carboxylic acid groups (broad SMARTS) is 3. The van der Waals surface area contributed by atoms with E-state index in [-0.39, 0.29) is 87.2 Å². The Bertz CT molecular complexity index is 4690. The lowest BCUT2D eigenvalue weighted by Gasteiger charge is -2.40. The molecule has 6 atom stereocenters. The number of halogens is 9. The highest BCUT2D eigenvalue weighted by Gasteiger charge is 2.52. The summed E-state index contributed by atoms with van der Waals surface area (Å²) in [5.41, 5.74) is -1.48. The van der Waals surface area contributed by atoms with Crippen molar-refractivity contribution in [3.63, 3.8) is 0 Å². The molecule has 3 fully saturated rings. The van der Waals surface area contributed by atoms with Crippen molar-refractivity contribution in [1.82, 2.24) is 50.5 Å². The molecule has 9 heterocycles. The minimum Gasteiger partial charge on any atom is -0.480 e. The maximum Gasteiger partial charge on any atom is 0.338 e. The monoisotopic (exact) mass is 1650 g/mol. The second-order valence-electron chi connectivity index (χ2n) is 27.7. The Morgan fingerprint density at radius 1 is 0.535 bits per heavy atom. The number of thiazole rings is 3. The van der Waals surface area contributed by atoms with E-state index in [0.717, 1.165) is 6.08 Å². The number of amidine groups is 3. The molecule has 6 aromatic rings. The van der Waals surface area contributed by atoms with Crippen LogP contribution in [0.15, 0.2) is 168 Å². The highest BCUT2D eigenvalue weighted by molar-refractivity contribution is 7.12. The summed E-state index contributed by atoms with van der Waals surface area (Å²) in [5.74, 6) is -15.3. The highest BCUT2D eigenvalue weighted by atomic mass is 32.1. The second kappa shape index (κ2) is 36.6. The predicted octanol–water partition coefficient (Wildman–Crippen LogP) is 9.98. The summed E-state index contributed by atoms with van der Waals surface area (Å²) >= 11 is 3.89. The third kappa shape index (κ3) is 21.3. The number of ether oxygens (including phenoxy) is 4. The lowest BCUT2D eigenvalue weighted by atomic mass is 9.82. The third-order valence-electron chi connectivity index (χ3n) is 19.0. The molecule has 610 valence electrons. The molecule has 6 N–H and O–H groups in total. The molecule has 0 radical (unpaired) electrons. The van der Waals surface area contributed by atoms with E-state index in [9.17, 15) is 68.3 Å². The summed E-state index contributed by atoms with van der Waals surface area (Å²) in [4.78, 5) is 106. The van der Waals surface area contributed by atoms with Crippen LogP contribution in [0.1, 0.15) is 92.5 Å². The molecule has 0 bridgehead atoms. The molecule has 0 saturated carbocycles. The van der Waals surface area contributed by atoms with Gasteiger partial charge >= 0.3 is 35.8 Å². The molecule has 3 unspecified atom stereocenters. The Labute approximate surface area is 660 Å². The molecule has 0 amide bonds. The number of aliphatic carboxylic acids is 3. The van der Waals surface area contributed by atoms with Crippen molar-refractivity contribution in [2.45, 2.75) is 113 Å². The van der Waals surface area contributed by atoms with Crippen LogP contribution in [0.4, 0.5) is 39.5 Å². The number of hydrogen-bond acceptors (Lipinski definition) is 26. The molecule has 38 heteroatoms. The van der Waals surface area contributed by atoms with Crippen molar-refractivity contribution in [2.75, 3.05) is 92.4 Å². The van der Waals surface area contributed by atoms with Crippen LogP contribution in [-0.4, -0.2) is 232 Å². The summed E-state index contributed by atoms with van der Waals surface area (Å²) < 4.78 is 150. The number of esters is 3. The molecule has 3 aromatic heterocycles. The Morgan fingerprint density at radius 3 is 1.28 bits per heavy atom. The van der Waals surface area contributed by atoms with Gasteiger partial charge in [-0.05, 0) is 102 Å². The number of likely N-dealkylation sites (N-methyl/N-ethyl adjacent to an activating group) is 1. The van der Waals surface area contributed by atoms with Crippen molar-refractivity contribution in [3.8, 4) is 0 Å². The molecule has 6 aliphatic heterocycles. The van der Waals surface area contributed by atoms with Gasteiger partial charge in [0, 0.05) is 122 Å². The van der Waals surface area contributed by atoms with E-state index in [1.165, 1.54) is 132 Å². The first-order valence-electron chi connectivity index (χ1n) is 35.7. The van der Waals surface area contributed by atoms with Crippen LogP contribution in [0, 0.1) is 17.5 Å². The van der Waals surface area contributed by atoms with Gasteiger partial charge in [0.25, 0.3) is 17.8 Å². The van der Waals surface area contributed by atoms with Crippen LogP contribution in [0.5, 0.6) is 0 Å². The Hall–Kier alpha value is -10.1. The maximum absolute atomic E-state index is 14.7. The minimum atomic E-state index is -3.15. The lowest BCUT2D eigenvalue weighted by Crippen LogP contribution is -2.53. The number of nitrogens with one attached hydrogen (secondary N) is 3. The Balaban J connectivity index is 0.000000181. The number of rotatable bonds is 27. The van der Waals surface area contributed by atoms with Gasteiger partial charge in [0.05, 0.1) is 68.8 Å². The maximum atomic E-state index is 14.7. The SMILES string of the molecule is CCOC(=O)C1=C(CN2CC(F)(F)CC2/C=C/C(=O)O)NC(c2nccs2)=N[C@@]1(C)c1ccc(F)cc1.CCOC(=O)C1=C(CN2CC(F)(F)CC2CN(C)CC(=O)O)NC(c2nccs2)=N[C@@]1(C)c1ccc(F)cc1.CCOC(=O)C1=C(CN2CC(OCC(=O)O)CC(F)(F)C2)NC(c2nccs2)=N[C@@]1(C)c1ccc(F)cc1. The van der Waals surface area contributed by atoms with Gasteiger partial charge in [-0.3, -0.25) is 24.4 Å². The molecule has 6 aliphatic rings. The molecule has 3 saturated heterocycles. The van der Waals surface area contributed by atoms with Gasteiger partial charge in [-0.1, -0.05) is 42.5 Å². The van der Waals surface area contributed by atoms with Crippen molar-refractivity contribution in [2.24, 2.45) is 15.0 Å². The summed E-state index contributed by atoms with van der Waals surface area (Å²) in [7, 11) is 1.56. The normalized spacial score (nSPS) is 23.4. The number of carbonyl (C=O) groups excluding carboxylic acids is 3. The van der Waals surface area contributed by atoms with Gasteiger partial charge in [0.1, 0.15) is 40.7 Å². The van der Waals surface area contributed by atoms with Gasteiger partial charge in [-0.2, -0.15) is 0 Å². The summed E-state index contributed by atoms with van der Waals surface area (Å²) in [6.45, 7) is 7.05. The van der Waals surface area contributed by atoms with Gasteiger partial charge in [0.2, 0.25) is 0 Å². The number of aliphatic imine (C=N–C) groups is 3. The number of benzene rings is 3. The number of alkyl halides is 6. The summed E-state index contributed by atoms with van der Waals surface area (Å²) in [6, 6.07) is 15.0. The van der Waals surface area contributed by atoms with E-state index in [0.29, 0.717) is 54.9 Å². The molecular weight excluding hydrogens is 1570 g/mol. The quantitative estimate of drug-likeness (QED) is 0.0121. The van der Waals surface area contributed by atoms with Gasteiger partial charge < -0.3 is 50.2 Å². The first-order chi connectivity index (χ1) is 53.9. The van der Waals surface area contributed by atoms with Crippen molar-refractivity contribution < 1.29 is 103 Å². The average Bonchev–Trinajstić information content (AvgIpc) is 0.960. The first kappa shape index (κ1) is 86.3. The van der Waals surface area contributed by atoms with E-state index in [2.05, 4.69) is 30.9 Å². The molecule has 0 spiro atoms. The standard InChI is InChI=1S/C26H30F3N5O4S.C25H27F3N4O5S.C25H25F3N4O4S/c1-4-38-24(37)21-19(13-34-15-26(28,29)11-18(34)12-33(3)14-20(35)36)31-22(23-30-9-10-39-23)32-25(21,2)16-5-7-17(27)8-6-16;1-3-36-23(35)20-18(12-32-11-17(37-13-19(33)34)10-25(27,28)14-32)30-21(22-29-8-9-38-22)31-24(20,2)15-4-6-16(26)7-5-15;1-3-36-23(35)20-18(13-32-14-25(27,28)12-17(32)8-9-19(33)34)30-21(22-29-10-11-37-22)31-24(20,2)15-4-6-16(26)7-5-15/h5-10,18H,4,11-15H2,1-3H3,(H,31,32)(H,35,36);4-9,17H,3,10-14H2,1-2H3,(H,30,31)(H,33,34);4-11,17H,3,12-14H2,1-2H3,(H,30,31)(H,33,34)/b;;9-8+/t18?,25-;2*17?,24-/m000/s1. The Kier molecular flexibility index (Phi) is 27.7. The first-order valence-corrected chi connectivity index (χ1v) is 38.4. The van der Waals surface area contributed by atoms with Gasteiger partial charge in [-0.15, -0.1) is 34.0 Å². The zero-order valence-electron chi connectivity index (χ0n) is 62.6. The molecule has 0 aliphatic carbocycles. The van der Waals surface area contributed by atoms with E-state index >= 15 is 0 Å². The second-order valence-corrected chi connectivity index (χ2v) is 30.4.